The molecule has 0 spiro atoms. The topological polar surface area (TPSA) is 52.3 Å². The van der Waals surface area contributed by atoms with Crippen LogP contribution in [0.1, 0.15) is 32.6 Å². The van der Waals surface area contributed by atoms with E-state index in [9.17, 15) is 4.79 Å². The maximum Gasteiger partial charge on any atom is 0.327 e. The van der Waals surface area contributed by atoms with Crippen molar-refractivity contribution < 1.29 is 9.63 Å². The van der Waals surface area contributed by atoms with Gasteiger partial charge in [0.1, 0.15) is 0 Å². The maximum atomic E-state index is 11.0. The van der Waals surface area contributed by atoms with Crippen LogP contribution in [0.2, 0.25) is 0 Å². The minimum atomic E-state index is -0.239. The molecular weight excluding hydrogens is 142 g/mol. The number of hydrogen-bond acceptors (Lipinski definition) is 3. The van der Waals surface area contributed by atoms with Crippen LogP contribution < -0.4 is 5.90 Å². The Hall–Kier alpha value is -0.570. The predicted octanol–water partition coefficient (Wildman–Crippen LogP) is 1.23. The van der Waals surface area contributed by atoms with Crippen LogP contribution in [-0.4, -0.2) is 5.97 Å². The summed E-state index contributed by atoms with van der Waals surface area (Å²) in [7, 11) is 0. The summed E-state index contributed by atoms with van der Waals surface area (Å²) in [5, 5.41) is 0. The molecule has 0 bridgehead atoms. The number of nitrogens with two attached hydrogens (primary N) is 1. The van der Waals surface area contributed by atoms with E-state index in [1.807, 2.05) is 0 Å². The molecule has 2 atom stereocenters. The molecule has 2 unspecified atom stereocenters. The Labute approximate surface area is 66.9 Å². The summed E-state index contributed by atoms with van der Waals surface area (Å²) in [5.74, 6) is 5.07. The molecule has 0 saturated heterocycles. The monoisotopic (exact) mass is 157 g/mol. The lowest BCUT2D eigenvalue weighted by Crippen LogP contribution is -2.28. The van der Waals surface area contributed by atoms with Crippen molar-refractivity contribution in [2.45, 2.75) is 32.6 Å². The van der Waals surface area contributed by atoms with Gasteiger partial charge in [-0.2, -0.15) is 5.90 Å². The van der Waals surface area contributed by atoms with Crippen LogP contribution in [0, 0.1) is 11.8 Å². The molecular formula is C8H15NO2. The van der Waals surface area contributed by atoms with Crippen molar-refractivity contribution in [1.29, 1.82) is 0 Å². The van der Waals surface area contributed by atoms with E-state index in [2.05, 4.69) is 11.8 Å². The zero-order valence-electron chi connectivity index (χ0n) is 6.88. The molecule has 0 aromatic rings. The zero-order valence-corrected chi connectivity index (χ0v) is 6.88. The first-order valence-electron chi connectivity index (χ1n) is 4.16. The highest BCUT2D eigenvalue weighted by Gasteiger charge is 2.28. The lowest BCUT2D eigenvalue weighted by atomic mass is 9.80. The van der Waals surface area contributed by atoms with E-state index in [0.717, 1.165) is 19.3 Å². The Morgan fingerprint density at radius 2 is 2.09 bits per heavy atom. The third-order valence-corrected chi connectivity index (χ3v) is 2.53. The van der Waals surface area contributed by atoms with E-state index in [1.54, 1.807) is 0 Å². The van der Waals surface area contributed by atoms with Gasteiger partial charge in [-0.15, -0.1) is 0 Å². The third-order valence-electron chi connectivity index (χ3n) is 2.53. The molecule has 2 N–H and O–H groups in total. The van der Waals surface area contributed by atoms with Gasteiger partial charge in [-0.3, -0.25) is 4.79 Å². The average Bonchev–Trinajstić information content (AvgIpc) is 2.04. The molecule has 1 saturated carbocycles. The first-order chi connectivity index (χ1) is 5.25. The number of carbonyl (C=O) groups is 1. The van der Waals surface area contributed by atoms with Gasteiger partial charge < -0.3 is 4.84 Å². The second-order valence-electron chi connectivity index (χ2n) is 3.31. The Balaban J connectivity index is 2.47. The number of rotatable bonds is 1. The molecule has 1 aliphatic rings. The summed E-state index contributed by atoms with van der Waals surface area (Å²) < 4.78 is 0. The van der Waals surface area contributed by atoms with Gasteiger partial charge in [0.15, 0.2) is 0 Å². The Morgan fingerprint density at radius 1 is 1.45 bits per heavy atom. The molecule has 0 radical (unpaired) electrons. The molecule has 3 nitrogen and oxygen atoms in total. The minimum absolute atomic E-state index is 0.0498. The third kappa shape index (κ3) is 1.93. The van der Waals surface area contributed by atoms with Crippen molar-refractivity contribution in [3.05, 3.63) is 0 Å². The Kier molecular flexibility index (Phi) is 2.88. The van der Waals surface area contributed by atoms with Gasteiger partial charge in [-0.1, -0.05) is 19.8 Å². The summed E-state index contributed by atoms with van der Waals surface area (Å²) in [6, 6.07) is 0. The van der Waals surface area contributed by atoms with Crippen LogP contribution in [0.15, 0.2) is 0 Å². The lowest BCUT2D eigenvalue weighted by molar-refractivity contribution is -0.152. The molecule has 0 heterocycles. The summed E-state index contributed by atoms with van der Waals surface area (Å²) in [6.45, 7) is 2.08. The van der Waals surface area contributed by atoms with Crippen molar-refractivity contribution >= 4 is 5.97 Å². The minimum Gasteiger partial charge on any atom is -0.373 e. The van der Waals surface area contributed by atoms with Gasteiger partial charge in [0, 0.05) is 0 Å². The van der Waals surface area contributed by atoms with Crippen molar-refractivity contribution in [3.8, 4) is 0 Å². The van der Waals surface area contributed by atoms with Gasteiger partial charge >= 0.3 is 5.97 Å². The molecule has 1 aliphatic carbocycles. The Morgan fingerprint density at radius 3 is 2.64 bits per heavy atom. The second kappa shape index (κ2) is 3.72. The smallest absolute Gasteiger partial charge is 0.327 e. The fourth-order valence-corrected chi connectivity index (χ4v) is 1.75. The summed E-state index contributed by atoms with van der Waals surface area (Å²) in [4.78, 5) is 15.3. The van der Waals surface area contributed by atoms with Crippen LogP contribution in [-0.2, 0) is 9.63 Å². The van der Waals surface area contributed by atoms with Gasteiger partial charge in [0.05, 0.1) is 5.92 Å². The molecule has 1 fully saturated rings. The first kappa shape index (κ1) is 8.53. The largest absolute Gasteiger partial charge is 0.373 e. The molecule has 0 aromatic carbocycles. The van der Waals surface area contributed by atoms with Crippen LogP contribution in [0.4, 0.5) is 0 Å². The van der Waals surface area contributed by atoms with Gasteiger partial charge in [0.2, 0.25) is 0 Å². The SMILES string of the molecule is CC1CCCCC1C(=O)ON. The normalized spacial score (nSPS) is 31.5. The van der Waals surface area contributed by atoms with E-state index in [0.29, 0.717) is 5.92 Å². The van der Waals surface area contributed by atoms with E-state index in [4.69, 9.17) is 5.90 Å². The highest BCUT2D eigenvalue weighted by Crippen LogP contribution is 2.29. The van der Waals surface area contributed by atoms with Crippen molar-refractivity contribution in [3.63, 3.8) is 0 Å². The van der Waals surface area contributed by atoms with Gasteiger partial charge in [-0.25, -0.2) is 0 Å². The molecule has 0 aromatic heterocycles. The van der Waals surface area contributed by atoms with E-state index < -0.39 is 0 Å². The second-order valence-corrected chi connectivity index (χ2v) is 3.31. The molecule has 3 heteroatoms. The van der Waals surface area contributed by atoms with Crippen LogP contribution in [0.25, 0.3) is 0 Å². The van der Waals surface area contributed by atoms with Crippen molar-refractivity contribution in [2.24, 2.45) is 17.7 Å². The number of carbonyl (C=O) groups excluding carboxylic acids is 1. The van der Waals surface area contributed by atoms with Crippen LogP contribution in [0.3, 0.4) is 0 Å². The van der Waals surface area contributed by atoms with Gasteiger partial charge in [0.25, 0.3) is 0 Å². The quantitative estimate of drug-likeness (QED) is 0.582. The maximum absolute atomic E-state index is 11.0. The summed E-state index contributed by atoms with van der Waals surface area (Å²) in [6.07, 6.45) is 4.43. The first-order valence-corrected chi connectivity index (χ1v) is 4.16. The molecule has 1 rings (SSSR count). The highest BCUT2D eigenvalue weighted by molar-refractivity contribution is 5.72. The molecule has 64 valence electrons. The van der Waals surface area contributed by atoms with Crippen molar-refractivity contribution in [1.82, 2.24) is 0 Å². The van der Waals surface area contributed by atoms with E-state index in [-0.39, 0.29) is 11.9 Å². The fourth-order valence-electron chi connectivity index (χ4n) is 1.75. The van der Waals surface area contributed by atoms with Crippen LogP contribution >= 0.6 is 0 Å². The molecule has 0 aliphatic heterocycles. The number of hydrogen-bond donors (Lipinski definition) is 1. The fraction of sp³-hybridized carbons (Fsp3) is 0.875. The Bertz CT molecular complexity index is 147. The predicted molar refractivity (Wildman–Crippen MR) is 41.4 cm³/mol. The van der Waals surface area contributed by atoms with Crippen LogP contribution in [0.5, 0.6) is 0 Å². The van der Waals surface area contributed by atoms with E-state index >= 15 is 0 Å². The summed E-state index contributed by atoms with van der Waals surface area (Å²) >= 11 is 0. The van der Waals surface area contributed by atoms with Crippen molar-refractivity contribution in [2.75, 3.05) is 0 Å². The van der Waals surface area contributed by atoms with E-state index in [1.165, 1.54) is 6.42 Å². The summed E-state index contributed by atoms with van der Waals surface area (Å²) in [5.41, 5.74) is 0. The highest BCUT2D eigenvalue weighted by atomic mass is 16.7. The average molecular weight is 157 g/mol. The molecule has 0 amide bonds. The molecule has 11 heavy (non-hydrogen) atoms. The standard InChI is InChI=1S/C8H15NO2/c1-6-4-2-3-5-7(6)8(10)11-9/h6-7H,2-5,9H2,1H3. The van der Waals surface area contributed by atoms with Gasteiger partial charge in [-0.05, 0) is 18.8 Å². The lowest BCUT2D eigenvalue weighted by Gasteiger charge is -2.25. The zero-order chi connectivity index (χ0) is 8.27.